The molecule has 0 saturated carbocycles. The van der Waals surface area contributed by atoms with Crippen LogP contribution in [-0.2, 0) is 4.79 Å². The highest BCUT2D eigenvalue weighted by atomic mass is 16.4. The second-order valence-corrected chi connectivity index (χ2v) is 3.88. The quantitative estimate of drug-likeness (QED) is 0.612. The molecule has 1 atom stereocenters. The molecule has 0 radical (unpaired) electrons. The Kier molecular flexibility index (Phi) is 5.04. The van der Waals surface area contributed by atoms with Crippen LogP contribution in [0.25, 0.3) is 0 Å². The highest BCUT2D eigenvalue weighted by Crippen LogP contribution is 2.15. The fourth-order valence-electron chi connectivity index (χ4n) is 1.97. The lowest BCUT2D eigenvalue weighted by molar-refractivity contribution is -0.135. The van der Waals surface area contributed by atoms with E-state index in [1.54, 1.807) is 0 Å². The fourth-order valence-corrected chi connectivity index (χ4v) is 1.97. The van der Waals surface area contributed by atoms with Crippen LogP contribution in [0.4, 0.5) is 4.79 Å². The van der Waals surface area contributed by atoms with E-state index in [4.69, 9.17) is 5.11 Å². The summed E-state index contributed by atoms with van der Waals surface area (Å²) in [6.45, 7) is 4.42. The molecule has 1 heterocycles. The number of amides is 2. The van der Waals surface area contributed by atoms with Crippen LogP contribution in [0.3, 0.4) is 0 Å². The van der Waals surface area contributed by atoms with E-state index in [9.17, 15) is 9.59 Å². The van der Waals surface area contributed by atoms with Gasteiger partial charge in [-0.05, 0) is 25.9 Å². The number of carboxylic acid groups (broad SMARTS) is 1. The van der Waals surface area contributed by atoms with Gasteiger partial charge in [0.25, 0.3) is 0 Å². The Bertz CT molecular complexity index is 258. The summed E-state index contributed by atoms with van der Waals surface area (Å²) < 4.78 is 0. The SMILES string of the molecule is CCN1CCCC1CNC(=O)NCC(=O)O. The van der Waals surface area contributed by atoms with Gasteiger partial charge >= 0.3 is 12.0 Å². The predicted molar refractivity (Wildman–Crippen MR) is 59.3 cm³/mol. The first-order valence-corrected chi connectivity index (χ1v) is 5.61. The molecule has 2 amide bonds. The fraction of sp³-hybridized carbons (Fsp3) is 0.800. The maximum atomic E-state index is 11.2. The Labute approximate surface area is 95.0 Å². The molecule has 0 spiro atoms. The Hall–Kier alpha value is -1.30. The number of likely N-dealkylation sites (tertiary alicyclic amines) is 1. The van der Waals surface area contributed by atoms with E-state index in [-0.39, 0.29) is 6.54 Å². The van der Waals surface area contributed by atoms with Gasteiger partial charge in [-0.3, -0.25) is 9.69 Å². The molecule has 1 aliphatic heterocycles. The Morgan fingerprint density at radius 3 is 2.81 bits per heavy atom. The normalized spacial score (nSPS) is 20.7. The Morgan fingerprint density at radius 1 is 1.44 bits per heavy atom. The van der Waals surface area contributed by atoms with E-state index in [1.807, 2.05) is 0 Å². The highest BCUT2D eigenvalue weighted by molar-refractivity contribution is 5.79. The van der Waals surface area contributed by atoms with Crippen molar-refractivity contribution in [3.63, 3.8) is 0 Å². The maximum absolute atomic E-state index is 11.2. The number of carboxylic acids is 1. The monoisotopic (exact) mass is 229 g/mol. The molecule has 6 nitrogen and oxygen atoms in total. The Balaban J connectivity index is 2.18. The third-order valence-electron chi connectivity index (χ3n) is 2.80. The molecule has 0 aromatic heterocycles. The number of rotatable bonds is 5. The smallest absolute Gasteiger partial charge is 0.323 e. The van der Waals surface area contributed by atoms with Crippen molar-refractivity contribution in [2.75, 3.05) is 26.2 Å². The highest BCUT2D eigenvalue weighted by Gasteiger charge is 2.22. The average molecular weight is 229 g/mol. The number of hydrogen-bond donors (Lipinski definition) is 3. The summed E-state index contributed by atoms with van der Waals surface area (Å²) in [7, 11) is 0. The molecule has 0 aromatic carbocycles. The van der Waals surface area contributed by atoms with Crippen LogP contribution in [0, 0.1) is 0 Å². The standard InChI is InChI=1S/C10H19N3O3/c1-2-13-5-3-4-8(13)6-11-10(16)12-7-9(14)15/h8H,2-7H2,1H3,(H,14,15)(H2,11,12,16). The third-order valence-corrected chi connectivity index (χ3v) is 2.80. The summed E-state index contributed by atoms with van der Waals surface area (Å²) in [4.78, 5) is 23.7. The van der Waals surface area contributed by atoms with Gasteiger partial charge in [0.2, 0.25) is 0 Å². The van der Waals surface area contributed by atoms with Crippen LogP contribution in [0.2, 0.25) is 0 Å². The van der Waals surface area contributed by atoms with Crippen LogP contribution in [0.1, 0.15) is 19.8 Å². The van der Waals surface area contributed by atoms with Gasteiger partial charge < -0.3 is 15.7 Å². The van der Waals surface area contributed by atoms with E-state index in [1.165, 1.54) is 0 Å². The zero-order chi connectivity index (χ0) is 12.0. The van der Waals surface area contributed by atoms with Gasteiger partial charge in [-0.25, -0.2) is 4.79 Å². The van der Waals surface area contributed by atoms with Gasteiger partial charge in [-0.1, -0.05) is 6.92 Å². The van der Waals surface area contributed by atoms with Crippen LogP contribution in [0.15, 0.2) is 0 Å². The third kappa shape index (κ3) is 4.06. The van der Waals surface area contributed by atoms with E-state index in [2.05, 4.69) is 22.5 Å². The van der Waals surface area contributed by atoms with Crippen molar-refractivity contribution in [2.24, 2.45) is 0 Å². The van der Waals surface area contributed by atoms with Crippen molar-refractivity contribution in [1.82, 2.24) is 15.5 Å². The van der Waals surface area contributed by atoms with Gasteiger partial charge in [0.15, 0.2) is 0 Å². The second-order valence-electron chi connectivity index (χ2n) is 3.88. The molecule has 1 saturated heterocycles. The number of carbonyl (C=O) groups excluding carboxylic acids is 1. The van der Waals surface area contributed by atoms with Crippen LogP contribution in [0.5, 0.6) is 0 Å². The maximum Gasteiger partial charge on any atom is 0.323 e. The van der Waals surface area contributed by atoms with Gasteiger partial charge in [0, 0.05) is 12.6 Å². The number of aliphatic carboxylic acids is 1. The summed E-state index contributed by atoms with van der Waals surface area (Å²) in [6.07, 6.45) is 2.25. The van der Waals surface area contributed by atoms with E-state index in [0.29, 0.717) is 12.6 Å². The van der Waals surface area contributed by atoms with Gasteiger partial charge in [-0.15, -0.1) is 0 Å². The summed E-state index contributed by atoms with van der Waals surface area (Å²) in [5.41, 5.74) is 0. The number of nitrogens with one attached hydrogen (secondary N) is 2. The first-order valence-electron chi connectivity index (χ1n) is 5.61. The van der Waals surface area contributed by atoms with Gasteiger partial charge in [0.05, 0.1) is 0 Å². The first-order chi connectivity index (χ1) is 7.63. The van der Waals surface area contributed by atoms with Crippen LogP contribution >= 0.6 is 0 Å². The minimum absolute atomic E-state index is 0.339. The molecule has 1 aliphatic rings. The number of urea groups is 1. The summed E-state index contributed by atoms with van der Waals surface area (Å²) >= 11 is 0. The molecule has 1 unspecified atom stereocenters. The molecule has 1 rings (SSSR count). The lowest BCUT2D eigenvalue weighted by Crippen LogP contribution is -2.45. The molecule has 0 aromatic rings. The van der Waals surface area contributed by atoms with Crippen molar-refractivity contribution in [1.29, 1.82) is 0 Å². The molecule has 6 heteroatoms. The first kappa shape index (κ1) is 12.8. The Morgan fingerprint density at radius 2 is 2.19 bits per heavy atom. The largest absolute Gasteiger partial charge is 0.480 e. The molecule has 92 valence electrons. The van der Waals surface area contributed by atoms with Gasteiger partial charge in [-0.2, -0.15) is 0 Å². The summed E-state index contributed by atoms with van der Waals surface area (Å²) in [5.74, 6) is -1.04. The molecule has 3 N–H and O–H groups in total. The minimum atomic E-state index is -1.04. The van der Waals surface area contributed by atoms with Crippen molar-refractivity contribution < 1.29 is 14.7 Å². The van der Waals surface area contributed by atoms with Crippen LogP contribution in [-0.4, -0.2) is 54.2 Å². The lowest BCUT2D eigenvalue weighted by atomic mass is 10.2. The summed E-state index contributed by atoms with van der Waals surface area (Å²) in [6, 6.07) is -0.0223. The molecule has 1 fully saturated rings. The number of likely N-dealkylation sites (N-methyl/N-ethyl adjacent to an activating group) is 1. The summed E-state index contributed by atoms with van der Waals surface area (Å²) in [5, 5.41) is 13.3. The predicted octanol–water partition coefficient (Wildman–Crippen LogP) is -0.145. The molecule has 0 bridgehead atoms. The number of carbonyl (C=O) groups is 2. The number of nitrogens with zero attached hydrogens (tertiary/aromatic N) is 1. The van der Waals surface area contributed by atoms with E-state index < -0.39 is 12.0 Å². The molecule has 0 aliphatic carbocycles. The topological polar surface area (TPSA) is 81.7 Å². The number of hydrogen-bond acceptors (Lipinski definition) is 3. The van der Waals surface area contributed by atoms with E-state index in [0.717, 1.165) is 25.9 Å². The van der Waals surface area contributed by atoms with Crippen molar-refractivity contribution in [2.45, 2.75) is 25.8 Å². The second kappa shape index (κ2) is 6.32. The van der Waals surface area contributed by atoms with Crippen molar-refractivity contribution in [3.05, 3.63) is 0 Å². The van der Waals surface area contributed by atoms with Crippen molar-refractivity contribution >= 4 is 12.0 Å². The molecule has 16 heavy (non-hydrogen) atoms. The van der Waals surface area contributed by atoms with Gasteiger partial charge in [0.1, 0.15) is 6.54 Å². The zero-order valence-electron chi connectivity index (χ0n) is 9.53. The van der Waals surface area contributed by atoms with Crippen LogP contribution < -0.4 is 10.6 Å². The zero-order valence-corrected chi connectivity index (χ0v) is 9.53. The van der Waals surface area contributed by atoms with Crippen molar-refractivity contribution in [3.8, 4) is 0 Å². The van der Waals surface area contributed by atoms with E-state index >= 15 is 0 Å². The average Bonchev–Trinajstić information content (AvgIpc) is 2.70. The lowest BCUT2D eigenvalue weighted by Gasteiger charge is -2.22. The molecular weight excluding hydrogens is 210 g/mol. The minimum Gasteiger partial charge on any atom is -0.480 e. The molecular formula is C10H19N3O3.